The maximum Gasteiger partial charge on any atom is 0.200 e. The molecule has 0 N–H and O–H groups in total. The van der Waals surface area contributed by atoms with Gasteiger partial charge in [0.05, 0.1) is 5.57 Å². The molecule has 0 radical (unpaired) electrons. The molecule has 0 saturated heterocycles. The van der Waals surface area contributed by atoms with Gasteiger partial charge in [0, 0.05) is 10.0 Å². The van der Waals surface area contributed by atoms with Crippen LogP contribution >= 0.6 is 23.2 Å². The lowest BCUT2D eigenvalue weighted by Crippen LogP contribution is -2.37. The number of aromatic nitrogens is 3. The lowest BCUT2D eigenvalue weighted by molar-refractivity contribution is -0.122. The van der Waals surface area contributed by atoms with Crippen LogP contribution in [0.4, 0.5) is 0 Å². The molecule has 0 aliphatic heterocycles. The van der Waals surface area contributed by atoms with Crippen LogP contribution in [0.5, 0.6) is 0 Å². The van der Waals surface area contributed by atoms with Crippen molar-refractivity contribution < 1.29 is 4.79 Å². The van der Waals surface area contributed by atoms with Crippen LogP contribution in [0.1, 0.15) is 19.4 Å². The van der Waals surface area contributed by atoms with Gasteiger partial charge in [-0.05, 0) is 37.6 Å². The molecule has 0 fully saturated rings. The Hall–Kier alpha value is -2.16. The number of halogens is 2. The van der Waals surface area contributed by atoms with Crippen molar-refractivity contribution in [3.05, 3.63) is 52.0 Å². The normalized spacial score (nSPS) is 12.0. The molecular weight excluding hydrogens is 323 g/mol. The second kappa shape index (κ2) is 6.30. The zero-order valence-electron chi connectivity index (χ0n) is 11.9. The first-order valence-electron chi connectivity index (χ1n) is 6.33. The van der Waals surface area contributed by atoms with Crippen molar-refractivity contribution in [3.63, 3.8) is 0 Å². The molecule has 0 spiro atoms. The number of nitrogens with zero attached hydrogens (tertiary/aromatic N) is 4. The van der Waals surface area contributed by atoms with Crippen molar-refractivity contribution in [2.75, 3.05) is 0 Å². The number of benzene rings is 1. The van der Waals surface area contributed by atoms with E-state index in [9.17, 15) is 10.1 Å². The number of carbonyl (C=O) groups is 1. The van der Waals surface area contributed by atoms with Gasteiger partial charge in [-0.15, -0.1) is 0 Å². The maximum atomic E-state index is 12.6. The van der Waals surface area contributed by atoms with Crippen LogP contribution in [0, 0.1) is 11.3 Å². The average Bonchev–Trinajstić information content (AvgIpc) is 3.01. The minimum absolute atomic E-state index is 0.0234. The first kappa shape index (κ1) is 16.2. The van der Waals surface area contributed by atoms with Crippen molar-refractivity contribution >= 4 is 35.1 Å². The van der Waals surface area contributed by atoms with Crippen LogP contribution in [0.15, 0.2) is 36.4 Å². The molecule has 2 rings (SSSR count). The van der Waals surface area contributed by atoms with Gasteiger partial charge in [-0.3, -0.25) is 4.79 Å². The molecule has 0 aliphatic rings. The summed E-state index contributed by atoms with van der Waals surface area (Å²) in [5, 5.41) is 14.1. The van der Waals surface area contributed by atoms with E-state index < -0.39 is 5.54 Å². The molecule has 0 bridgehead atoms. The van der Waals surface area contributed by atoms with Crippen molar-refractivity contribution in [3.8, 4) is 6.07 Å². The molecule has 0 unspecified atom stereocenters. The predicted molar refractivity (Wildman–Crippen MR) is 84.4 cm³/mol. The average molecular weight is 335 g/mol. The van der Waals surface area contributed by atoms with Crippen LogP contribution in [-0.2, 0) is 10.3 Å². The fourth-order valence-electron chi connectivity index (χ4n) is 1.85. The number of nitriles is 1. The van der Waals surface area contributed by atoms with Crippen molar-refractivity contribution in [2.45, 2.75) is 19.4 Å². The molecule has 0 amide bonds. The number of carbonyl (C=O) groups excluding carboxylic acids is 1. The summed E-state index contributed by atoms with van der Waals surface area (Å²) in [6, 6.07) is 6.76. The summed E-state index contributed by atoms with van der Waals surface area (Å²) in [6.07, 6.45) is 4.21. The minimum Gasteiger partial charge on any atom is -0.291 e. The van der Waals surface area contributed by atoms with Crippen LogP contribution in [0.25, 0.3) is 6.08 Å². The highest BCUT2D eigenvalue weighted by Gasteiger charge is 2.33. The summed E-state index contributed by atoms with van der Waals surface area (Å²) in [7, 11) is 0. The Labute approximate surface area is 137 Å². The number of allylic oxidation sites excluding steroid dienone is 1. The third-order valence-corrected chi connectivity index (χ3v) is 3.74. The molecule has 22 heavy (non-hydrogen) atoms. The van der Waals surface area contributed by atoms with E-state index in [0.717, 1.165) is 0 Å². The highest BCUT2D eigenvalue weighted by Crippen LogP contribution is 2.25. The monoisotopic (exact) mass is 334 g/mol. The summed E-state index contributed by atoms with van der Waals surface area (Å²) in [6.45, 7) is 3.33. The molecule has 0 aliphatic carbocycles. The van der Waals surface area contributed by atoms with Gasteiger partial charge in [-0.1, -0.05) is 29.3 Å². The van der Waals surface area contributed by atoms with Gasteiger partial charge in [0.25, 0.3) is 0 Å². The summed E-state index contributed by atoms with van der Waals surface area (Å²) in [4.78, 5) is 16.5. The summed E-state index contributed by atoms with van der Waals surface area (Å²) < 4.78 is 1.41. The van der Waals surface area contributed by atoms with Gasteiger partial charge in [-0.25, -0.2) is 9.67 Å². The highest BCUT2D eigenvalue weighted by molar-refractivity contribution is 6.35. The second-order valence-corrected chi connectivity index (χ2v) is 5.91. The number of hydrogen-bond donors (Lipinski definition) is 0. The van der Waals surface area contributed by atoms with Crippen molar-refractivity contribution in [1.82, 2.24) is 14.8 Å². The van der Waals surface area contributed by atoms with E-state index in [1.54, 1.807) is 32.0 Å². The fraction of sp³-hybridized carbons (Fsp3) is 0.200. The minimum atomic E-state index is -1.03. The largest absolute Gasteiger partial charge is 0.291 e. The molecule has 112 valence electrons. The molecule has 7 heteroatoms. The zero-order chi connectivity index (χ0) is 16.3. The van der Waals surface area contributed by atoms with Gasteiger partial charge in [0.15, 0.2) is 5.78 Å². The van der Waals surface area contributed by atoms with E-state index in [0.29, 0.717) is 15.6 Å². The molecule has 5 nitrogen and oxygen atoms in total. The van der Waals surface area contributed by atoms with Gasteiger partial charge >= 0.3 is 0 Å². The standard InChI is InChI=1S/C15H12Cl2N4O/c1-15(2,21-9-19-8-20-21)14(22)11(7-18)5-10-3-4-12(16)6-13(10)17/h3-6,8-9H,1-2H3/b11-5-. The molecular formula is C15H12Cl2N4O. The van der Waals surface area contributed by atoms with Crippen LogP contribution < -0.4 is 0 Å². The van der Waals surface area contributed by atoms with E-state index in [1.807, 2.05) is 6.07 Å². The number of Topliss-reactive ketones (excluding diaryl/α,β-unsaturated/α-hetero) is 1. The highest BCUT2D eigenvalue weighted by atomic mass is 35.5. The number of rotatable bonds is 4. The Morgan fingerprint density at radius 3 is 2.68 bits per heavy atom. The van der Waals surface area contributed by atoms with E-state index >= 15 is 0 Å². The molecule has 0 saturated carbocycles. The molecule has 0 atom stereocenters. The summed E-state index contributed by atoms with van der Waals surface area (Å²) in [5.41, 5.74) is -0.508. The van der Waals surface area contributed by atoms with Gasteiger partial charge in [-0.2, -0.15) is 10.4 Å². The quantitative estimate of drug-likeness (QED) is 0.633. The Morgan fingerprint density at radius 1 is 1.41 bits per heavy atom. The fourth-order valence-corrected chi connectivity index (χ4v) is 2.32. The molecule has 2 aromatic rings. The Bertz CT molecular complexity index is 773. The van der Waals surface area contributed by atoms with Crippen molar-refractivity contribution in [2.24, 2.45) is 0 Å². The predicted octanol–water partition coefficient (Wildman–Crippen LogP) is 3.50. The van der Waals surface area contributed by atoms with E-state index in [2.05, 4.69) is 10.1 Å². The molecule has 1 aromatic heterocycles. The first-order valence-corrected chi connectivity index (χ1v) is 7.08. The third kappa shape index (κ3) is 3.19. The van der Waals surface area contributed by atoms with Gasteiger partial charge in [0.2, 0.25) is 0 Å². The number of ketones is 1. The maximum absolute atomic E-state index is 12.6. The smallest absolute Gasteiger partial charge is 0.200 e. The molecule has 1 aromatic carbocycles. The van der Waals surface area contributed by atoms with E-state index in [4.69, 9.17) is 23.2 Å². The second-order valence-electron chi connectivity index (χ2n) is 5.06. The zero-order valence-corrected chi connectivity index (χ0v) is 13.4. The number of hydrogen-bond acceptors (Lipinski definition) is 4. The van der Waals surface area contributed by atoms with E-state index in [1.165, 1.54) is 23.4 Å². The topological polar surface area (TPSA) is 71.6 Å². The first-order chi connectivity index (χ1) is 10.4. The van der Waals surface area contributed by atoms with Crippen LogP contribution in [-0.4, -0.2) is 20.5 Å². The van der Waals surface area contributed by atoms with Crippen LogP contribution in [0.3, 0.4) is 0 Å². The summed E-state index contributed by atoms with van der Waals surface area (Å²) >= 11 is 11.9. The Morgan fingerprint density at radius 2 is 2.14 bits per heavy atom. The van der Waals surface area contributed by atoms with Crippen molar-refractivity contribution in [1.29, 1.82) is 5.26 Å². The third-order valence-electron chi connectivity index (χ3n) is 3.17. The summed E-state index contributed by atoms with van der Waals surface area (Å²) in [5.74, 6) is -0.383. The Balaban J connectivity index is 2.42. The lowest BCUT2D eigenvalue weighted by atomic mass is 9.92. The van der Waals surface area contributed by atoms with E-state index in [-0.39, 0.29) is 11.4 Å². The molecule has 1 heterocycles. The lowest BCUT2D eigenvalue weighted by Gasteiger charge is -2.22. The SMILES string of the molecule is CC(C)(C(=O)/C(C#N)=C\c1ccc(Cl)cc1Cl)n1cncn1. The van der Waals surface area contributed by atoms with Crippen LogP contribution in [0.2, 0.25) is 10.0 Å². The Kier molecular flexibility index (Phi) is 4.65. The van der Waals surface area contributed by atoms with Gasteiger partial charge < -0.3 is 0 Å². The van der Waals surface area contributed by atoms with Gasteiger partial charge in [0.1, 0.15) is 24.3 Å².